The predicted octanol–water partition coefficient (Wildman–Crippen LogP) is 2.20. The van der Waals surface area contributed by atoms with Crippen molar-refractivity contribution < 1.29 is 28.5 Å². The molecule has 1 aliphatic carbocycles. The molecule has 1 saturated heterocycles. The minimum Gasteiger partial charge on any atom is -0.465 e. The van der Waals surface area contributed by atoms with E-state index in [1.807, 2.05) is 6.92 Å². The van der Waals surface area contributed by atoms with Gasteiger partial charge in [-0.25, -0.2) is 0 Å². The van der Waals surface area contributed by atoms with Gasteiger partial charge in [-0.1, -0.05) is 32.6 Å². The number of carbonyl (C=O) groups is 2. The minimum absolute atomic E-state index is 0.215. The summed E-state index contributed by atoms with van der Waals surface area (Å²) >= 11 is 0. The summed E-state index contributed by atoms with van der Waals surface area (Å²) in [5, 5.41) is 0. The normalized spacial score (nSPS) is 24.5. The maximum atomic E-state index is 12.6. The molecule has 1 aliphatic heterocycles. The van der Waals surface area contributed by atoms with E-state index in [2.05, 4.69) is 0 Å². The van der Waals surface area contributed by atoms with E-state index in [0.29, 0.717) is 32.7 Å². The Morgan fingerprint density at radius 2 is 1.91 bits per heavy atom. The van der Waals surface area contributed by atoms with Crippen molar-refractivity contribution in [3.05, 3.63) is 0 Å². The van der Waals surface area contributed by atoms with Crippen molar-refractivity contribution in [2.45, 2.75) is 58.2 Å². The van der Waals surface area contributed by atoms with Crippen LogP contribution < -0.4 is 0 Å². The van der Waals surface area contributed by atoms with Gasteiger partial charge in [0.05, 0.1) is 19.8 Å². The van der Waals surface area contributed by atoms with Crippen LogP contribution in [-0.2, 0) is 28.5 Å². The zero-order valence-electron chi connectivity index (χ0n) is 13.3. The summed E-state index contributed by atoms with van der Waals surface area (Å²) in [4.78, 5) is 25.1. The quantitative estimate of drug-likeness (QED) is 0.425. The molecule has 0 aromatic heterocycles. The van der Waals surface area contributed by atoms with Crippen molar-refractivity contribution in [3.8, 4) is 0 Å². The molecule has 0 radical (unpaired) electrons. The Balaban J connectivity index is 1.99. The summed E-state index contributed by atoms with van der Waals surface area (Å²) in [6.07, 6.45) is 4.70. The van der Waals surface area contributed by atoms with Crippen molar-refractivity contribution in [3.63, 3.8) is 0 Å². The molecule has 6 nitrogen and oxygen atoms in total. The summed E-state index contributed by atoms with van der Waals surface area (Å²) in [7, 11) is 0. The molecule has 0 amide bonds. The Morgan fingerprint density at radius 1 is 1.14 bits per heavy atom. The van der Waals surface area contributed by atoms with Crippen molar-refractivity contribution >= 4 is 11.9 Å². The molecule has 1 atom stereocenters. The summed E-state index contributed by atoms with van der Waals surface area (Å²) in [5.74, 6) is -0.966. The van der Waals surface area contributed by atoms with Gasteiger partial charge in [-0.3, -0.25) is 9.59 Å². The van der Waals surface area contributed by atoms with Crippen LogP contribution in [0.3, 0.4) is 0 Å². The van der Waals surface area contributed by atoms with Gasteiger partial charge in [-0.15, -0.1) is 0 Å². The van der Waals surface area contributed by atoms with Gasteiger partial charge in [0.25, 0.3) is 0 Å². The zero-order valence-corrected chi connectivity index (χ0v) is 13.3. The molecule has 0 bridgehead atoms. The first kappa shape index (κ1) is 17.2. The van der Waals surface area contributed by atoms with E-state index in [-0.39, 0.29) is 6.61 Å². The van der Waals surface area contributed by atoms with Crippen LogP contribution >= 0.6 is 0 Å². The first-order valence-electron chi connectivity index (χ1n) is 8.27. The van der Waals surface area contributed by atoms with Gasteiger partial charge in [0.1, 0.15) is 6.61 Å². The molecular formula is C16H26O6. The molecule has 22 heavy (non-hydrogen) atoms. The largest absolute Gasteiger partial charge is 0.465 e. The molecule has 6 heteroatoms. The third-order valence-electron chi connectivity index (χ3n) is 4.24. The van der Waals surface area contributed by atoms with Crippen molar-refractivity contribution in [1.29, 1.82) is 0 Å². The first-order valence-corrected chi connectivity index (χ1v) is 8.27. The van der Waals surface area contributed by atoms with Crippen LogP contribution in [0.1, 0.15) is 51.9 Å². The Bertz CT molecular complexity index is 369. The van der Waals surface area contributed by atoms with E-state index in [9.17, 15) is 9.59 Å². The van der Waals surface area contributed by atoms with Gasteiger partial charge in [0.15, 0.2) is 5.41 Å². The van der Waals surface area contributed by atoms with Crippen LogP contribution in [0.15, 0.2) is 0 Å². The highest BCUT2D eigenvalue weighted by atomic mass is 16.7. The molecule has 0 N–H and O–H groups in total. The highest BCUT2D eigenvalue weighted by molar-refractivity contribution is 6.00. The minimum atomic E-state index is -1.16. The highest BCUT2D eigenvalue weighted by Gasteiger charge is 2.50. The Labute approximate surface area is 131 Å². The van der Waals surface area contributed by atoms with Gasteiger partial charge >= 0.3 is 11.9 Å². The van der Waals surface area contributed by atoms with E-state index in [4.69, 9.17) is 18.9 Å². The summed E-state index contributed by atoms with van der Waals surface area (Å²) < 4.78 is 21.3. The van der Waals surface area contributed by atoms with E-state index in [1.54, 1.807) is 0 Å². The van der Waals surface area contributed by atoms with Crippen molar-refractivity contribution in [2.75, 3.05) is 26.4 Å². The SMILES string of the molecule is CCCCOC(=O)C1(C(=O)OC2COCCO2)CCCCC1. The lowest BCUT2D eigenvalue weighted by Gasteiger charge is -2.34. The number of rotatable bonds is 6. The number of unbranched alkanes of at least 4 members (excludes halogenated alkanes) is 1. The summed E-state index contributed by atoms with van der Waals surface area (Å²) in [6.45, 7) is 3.49. The highest BCUT2D eigenvalue weighted by Crippen LogP contribution is 2.39. The molecule has 0 spiro atoms. The van der Waals surface area contributed by atoms with Gasteiger partial charge < -0.3 is 18.9 Å². The van der Waals surface area contributed by atoms with Gasteiger partial charge in [0.2, 0.25) is 6.29 Å². The lowest BCUT2D eigenvalue weighted by atomic mass is 9.74. The molecule has 2 aliphatic rings. The zero-order chi connectivity index (χ0) is 15.8. The molecule has 1 saturated carbocycles. The molecule has 2 rings (SSSR count). The van der Waals surface area contributed by atoms with Crippen LogP contribution in [0.2, 0.25) is 0 Å². The number of hydrogen-bond donors (Lipinski definition) is 0. The van der Waals surface area contributed by atoms with Crippen LogP contribution in [0, 0.1) is 5.41 Å². The monoisotopic (exact) mass is 314 g/mol. The Kier molecular flexibility index (Phi) is 6.64. The fourth-order valence-electron chi connectivity index (χ4n) is 2.86. The topological polar surface area (TPSA) is 71.1 Å². The maximum Gasteiger partial charge on any atom is 0.325 e. The third-order valence-corrected chi connectivity index (χ3v) is 4.24. The van der Waals surface area contributed by atoms with Crippen molar-refractivity contribution in [1.82, 2.24) is 0 Å². The number of esters is 2. The van der Waals surface area contributed by atoms with Gasteiger partial charge in [-0.2, -0.15) is 0 Å². The molecule has 0 aromatic carbocycles. The number of hydrogen-bond acceptors (Lipinski definition) is 6. The van der Waals surface area contributed by atoms with E-state index < -0.39 is 23.6 Å². The molecular weight excluding hydrogens is 288 g/mol. The molecule has 1 unspecified atom stereocenters. The van der Waals surface area contributed by atoms with Crippen molar-refractivity contribution in [2.24, 2.45) is 5.41 Å². The average molecular weight is 314 g/mol. The molecule has 126 valence electrons. The van der Waals surface area contributed by atoms with Crippen LogP contribution in [-0.4, -0.2) is 44.7 Å². The first-order chi connectivity index (χ1) is 10.7. The molecule has 2 fully saturated rings. The second kappa shape index (κ2) is 8.48. The van der Waals surface area contributed by atoms with Crippen LogP contribution in [0.5, 0.6) is 0 Å². The lowest BCUT2D eigenvalue weighted by Crippen LogP contribution is -2.46. The van der Waals surface area contributed by atoms with E-state index in [0.717, 1.165) is 32.1 Å². The fourth-order valence-corrected chi connectivity index (χ4v) is 2.86. The maximum absolute atomic E-state index is 12.6. The average Bonchev–Trinajstić information content (AvgIpc) is 2.56. The second-order valence-corrected chi connectivity index (χ2v) is 5.91. The molecule has 0 aromatic rings. The van der Waals surface area contributed by atoms with Gasteiger partial charge in [0, 0.05) is 0 Å². The van der Waals surface area contributed by atoms with Crippen LogP contribution in [0.25, 0.3) is 0 Å². The number of ether oxygens (including phenoxy) is 4. The second-order valence-electron chi connectivity index (χ2n) is 5.91. The standard InChI is InChI=1S/C16H26O6/c1-2-3-9-21-14(17)16(7-5-4-6-8-16)15(18)22-13-12-19-10-11-20-13/h13H,2-12H2,1H3. The Morgan fingerprint density at radius 3 is 2.55 bits per heavy atom. The summed E-state index contributed by atoms with van der Waals surface area (Å²) in [6, 6.07) is 0. The Hall–Kier alpha value is -1.14. The van der Waals surface area contributed by atoms with Crippen LogP contribution in [0.4, 0.5) is 0 Å². The summed E-state index contributed by atoms with van der Waals surface area (Å²) in [5.41, 5.74) is -1.16. The third kappa shape index (κ3) is 4.20. The lowest BCUT2D eigenvalue weighted by molar-refractivity contribution is -0.224. The van der Waals surface area contributed by atoms with E-state index >= 15 is 0 Å². The smallest absolute Gasteiger partial charge is 0.325 e. The molecule has 1 heterocycles. The fraction of sp³-hybridized carbons (Fsp3) is 0.875. The number of carbonyl (C=O) groups excluding carboxylic acids is 2. The predicted molar refractivity (Wildman–Crippen MR) is 78.0 cm³/mol. The van der Waals surface area contributed by atoms with E-state index in [1.165, 1.54) is 0 Å². The van der Waals surface area contributed by atoms with Gasteiger partial charge in [-0.05, 0) is 19.3 Å².